The van der Waals surface area contributed by atoms with Crippen molar-refractivity contribution in [2.45, 2.75) is 52.9 Å². The fraction of sp³-hybridized carbons (Fsp3) is 0.417. The average molecular weight is 381 g/mol. The second-order valence-electron chi connectivity index (χ2n) is 7.79. The molecule has 0 aliphatic rings. The van der Waals surface area contributed by atoms with Crippen molar-refractivity contribution in [1.82, 2.24) is 5.32 Å². The largest absolute Gasteiger partial charge is 0.354 e. The number of nitrogens with one attached hydrogen (secondary N) is 1. The lowest BCUT2D eigenvalue weighted by Gasteiger charge is -2.29. The lowest BCUT2D eigenvalue weighted by molar-refractivity contribution is -0.123. The Hall–Kier alpha value is -2.62. The van der Waals surface area contributed by atoms with Crippen LogP contribution < -0.4 is 10.2 Å². The van der Waals surface area contributed by atoms with Gasteiger partial charge in [-0.15, -0.1) is 0 Å². The first kappa shape index (κ1) is 21.7. The first-order valence-electron chi connectivity index (χ1n) is 10.0. The number of nitrogens with zero attached hydrogens (tertiary/aromatic N) is 1. The number of benzene rings is 2. The number of hydrogen-bond donors (Lipinski definition) is 1. The Bertz CT molecular complexity index is 771. The zero-order valence-corrected chi connectivity index (χ0v) is 17.7. The molecule has 2 rings (SSSR count). The van der Waals surface area contributed by atoms with Gasteiger partial charge in [0.15, 0.2) is 0 Å². The number of carbonyl (C=O) groups is 2. The standard InChI is InChI=1S/C24H32N2O2/c1-17(2)21-12-9-13-22(18(3)4)24(21)26(19(5)27)16-23(28)25-15-14-20-10-7-6-8-11-20/h6-13,17-18H,14-16H2,1-5H3,(H,25,28). The predicted molar refractivity (Wildman–Crippen MR) is 116 cm³/mol. The first-order valence-corrected chi connectivity index (χ1v) is 10.0. The summed E-state index contributed by atoms with van der Waals surface area (Å²) in [6, 6.07) is 16.2. The van der Waals surface area contributed by atoms with Crippen molar-refractivity contribution in [3.05, 3.63) is 65.2 Å². The minimum Gasteiger partial charge on any atom is -0.354 e. The fourth-order valence-corrected chi connectivity index (χ4v) is 3.36. The van der Waals surface area contributed by atoms with Crippen LogP contribution in [0.4, 0.5) is 5.69 Å². The molecule has 0 unspecified atom stereocenters. The zero-order valence-electron chi connectivity index (χ0n) is 17.7. The van der Waals surface area contributed by atoms with Crippen LogP contribution in [-0.2, 0) is 16.0 Å². The number of para-hydroxylation sites is 1. The molecule has 0 spiro atoms. The third-order valence-electron chi connectivity index (χ3n) is 4.87. The molecule has 0 saturated heterocycles. The Morgan fingerprint density at radius 1 is 0.893 bits per heavy atom. The van der Waals surface area contributed by atoms with Gasteiger partial charge in [0, 0.05) is 13.5 Å². The maximum atomic E-state index is 12.6. The molecule has 0 radical (unpaired) electrons. The molecular weight excluding hydrogens is 348 g/mol. The van der Waals surface area contributed by atoms with E-state index in [1.165, 1.54) is 12.5 Å². The molecule has 0 fully saturated rings. The van der Waals surface area contributed by atoms with Gasteiger partial charge in [0.1, 0.15) is 6.54 Å². The third-order valence-corrected chi connectivity index (χ3v) is 4.87. The summed E-state index contributed by atoms with van der Waals surface area (Å²) in [6.07, 6.45) is 0.770. The van der Waals surface area contributed by atoms with Gasteiger partial charge in [-0.3, -0.25) is 9.59 Å². The lowest BCUT2D eigenvalue weighted by Crippen LogP contribution is -2.41. The van der Waals surface area contributed by atoms with Gasteiger partial charge < -0.3 is 10.2 Å². The number of carbonyl (C=O) groups excluding carboxylic acids is 2. The van der Waals surface area contributed by atoms with E-state index in [9.17, 15) is 9.59 Å². The van der Waals surface area contributed by atoms with Gasteiger partial charge in [-0.05, 0) is 34.9 Å². The van der Waals surface area contributed by atoms with Gasteiger partial charge >= 0.3 is 0 Å². The van der Waals surface area contributed by atoms with Crippen molar-refractivity contribution in [3.63, 3.8) is 0 Å². The summed E-state index contributed by atoms with van der Waals surface area (Å²) in [7, 11) is 0. The molecule has 2 amide bonds. The number of anilines is 1. The Morgan fingerprint density at radius 3 is 1.96 bits per heavy atom. The molecule has 150 valence electrons. The monoisotopic (exact) mass is 380 g/mol. The van der Waals surface area contributed by atoms with E-state index < -0.39 is 0 Å². The molecule has 0 saturated carbocycles. The summed E-state index contributed by atoms with van der Waals surface area (Å²) in [4.78, 5) is 26.7. The minimum atomic E-state index is -0.139. The molecule has 0 aromatic heterocycles. The van der Waals surface area contributed by atoms with Crippen LogP contribution in [0, 0.1) is 0 Å². The maximum Gasteiger partial charge on any atom is 0.240 e. The number of amides is 2. The van der Waals surface area contributed by atoms with Crippen molar-refractivity contribution >= 4 is 17.5 Å². The Balaban J connectivity index is 2.17. The molecule has 0 heterocycles. The topological polar surface area (TPSA) is 49.4 Å². The highest BCUT2D eigenvalue weighted by Crippen LogP contribution is 2.35. The average Bonchev–Trinajstić information content (AvgIpc) is 2.66. The number of hydrogen-bond acceptors (Lipinski definition) is 2. The van der Waals surface area contributed by atoms with Crippen LogP contribution in [0.1, 0.15) is 63.1 Å². The van der Waals surface area contributed by atoms with Crippen LogP contribution in [0.15, 0.2) is 48.5 Å². The molecule has 0 atom stereocenters. The van der Waals surface area contributed by atoms with Crippen molar-refractivity contribution in [2.24, 2.45) is 0 Å². The summed E-state index contributed by atoms with van der Waals surface area (Å²) in [5.41, 5.74) is 4.26. The van der Waals surface area contributed by atoms with Crippen LogP contribution in [0.5, 0.6) is 0 Å². The molecule has 4 nitrogen and oxygen atoms in total. The SMILES string of the molecule is CC(=O)N(CC(=O)NCCc1ccccc1)c1c(C(C)C)cccc1C(C)C. The smallest absolute Gasteiger partial charge is 0.240 e. The Labute approximate surface area is 169 Å². The van der Waals surface area contributed by atoms with Gasteiger partial charge in [0.2, 0.25) is 11.8 Å². The van der Waals surface area contributed by atoms with Crippen LogP contribution in [0.25, 0.3) is 0 Å². The maximum absolute atomic E-state index is 12.6. The van der Waals surface area contributed by atoms with E-state index in [-0.39, 0.29) is 30.2 Å². The van der Waals surface area contributed by atoms with Crippen LogP contribution in [0.3, 0.4) is 0 Å². The summed E-state index contributed by atoms with van der Waals surface area (Å²) in [6.45, 7) is 10.6. The van der Waals surface area contributed by atoms with Crippen LogP contribution >= 0.6 is 0 Å². The van der Waals surface area contributed by atoms with Crippen molar-refractivity contribution in [1.29, 1.82) is 0 Å². The normalized spacial score (nSPS) is 11.0. The highest BCUT2D eigenvalue weighted by Gasteiger charge is 2.24. The first-order chi connectivity index (χ1) is 13.3. The minimum absolute atomic E-state index is 0.0353. The Morgan fingerprint density at radius 2 is 1.46 bits per heavy atom. The summed E-state index contributed by atoms with van der Waals surface area (Å²) in [5.74, 6) is 0.265. The van der Waals surface area contributed by atoms with E-state index in [0.717, 1.165) is 23.2 Å². The van der Waals surface area contributed by atoms with Gasteiger partial charge in [0.05, 0.1) is 5.69 Å². The van der Waals surface area contributed by atoms with E-state index >= 15 is 0 Å². The molecular formula is C24H32N2O2. The predicted octanol–water partition coefficient (Wildman–Crippen LogP) is 4.65. The van der Waals surface area contributed by atoms with E-state index in [0.29, 0.717) is 6.54 Å². The molecule has 4 heteroatoms. The summed E-state index contributed by atoms with van der Waals surface area (Å²) < 4.78 is 0. The molecule has 0 aliphatic carbocycles. The molecule has 28 heavy (non-hydrogen) atoms. The van der Waals surface area contributed by atoms with Gasteiger partial charge in [-0.25, -0.2) is 0 Å². The molecule has 0 bridgehead atoms. The fourth-order valence-electron chi connectivity index (χ4n) is 3.36. The van der Waals surface area contributed by atoms with E-state index in [1.54, 1.807) is 4.90 Å². The second kappa shape index (κ2) is 10.1. The molecule has 2 aromatic carbocycles. The summed E-state index contributed by atoms with van der Waals surface area (Å²) in [5, 5.41) is 2.95. The van der Waals surface area contributed by atoms with Crippen molar-refractivity contribution in [3.8, 4) is 0 Å². The van der Waals surface area contributed by atoms with Crippen molar-refractivity contribution in [2.75, 3.05) is 18.0 Å². The Kier molecular flexibility index (Phi) is 7.80. The van der Waals surface area contributed by atoms with Crippen LogP contribution in [-0.4, -0.2) is 24.9 Å². The van der Waals surface area contributed by atoms with E-state index in [1.807, 2.05) is 36.4 Å². The number of rotatable bonds is 8. The molecule has 0 aliphatic heterocycles. The van der Waals surface area contributed by atoms with Gasteiger partial charge in [-0.2, -0.15) is 0 Å². The zero-order chi connectivity index (χ0) is 20.7. The van der Waals surface area contributed by atoms with E-state index in [4.69, 9.17) is 0 Å². The highest BCUT2D eigenvalue weighted by atomic mass is 16.2. The van der Waals surface area contributed by atoms with Crippen LogP contribution in [0.2, 0.25) is 0 Å². The van der Waals surface area contributed by atoms with Gasteiger partial charge in [-0.1, -0.05) is 76.2 Å². The summed E-state index contributed by atoms with van der Waals surface area (Å²) >= 11 is 0. The molecule has 2 aromatic rings. The molecule has 1 N–H and O–H groups in total. The lowest BCUT2D eigenvalue weighted by atomic mass is 9.91. The third kappa shape index (κ3) is 5.69. The van der Waals surface area contributed by atoms with Gasteiger partial charge in [0.25, 0.3) is 0 Å². The quantitative estimate of drug-likeness (QED) is 0.725. The van der Waals surface area contributed by atoms with Crippen molar-refractivity contribution < 1.29 is 9.59 Å². The second-order valence-corrected chi connectivity index (χ2v) is 7.79. The van der Waals surface area contributed by atoms with E-state index in [2.05, 4.69) is 45.1 Å². The highest BCUT2D eigenvalue weighted by molar-refractivity contribution is 5.99.